The Morgan fingerprint density at radius 1 is 1.22 bits per heavy atom. The third kappa shape index (κ3) is 4.96. The van der Waals surface area contributed by atoms with E-state index in [-0.39, 0.29) is 41.2 Å². The van der Waals surface area contributed by atoms with E-state index in [1.54, 1.807) is 12.3 Å². The first-order valence-electron chi connectivity index (χ1n) is 12.4. The Bertz CT molecular complexity index is 1300. The summed E-state index contributed by atoms with van der Waals surface area (Å²) in [6, 6.07) is 6.91. The zero-order valence-corrected chi connectivity index (χ0v) is 20.6. The third-order valence-corrected chi connectivity index (χ3v) is 7.32. The lowest BCUT2D eigenvalue weighted by atomic mass is 9.84. The van der Waals surface area contributed by atoms with Gasteiger partial charge in [-0.3, -0.25) is 9.59 Å². The quantitative estimate of drug-likeness (QED) is 0.449. The maximum absolute atomic E-state index is 14.7. The van der Waals surface area contributed by atoms with Crippen LogP contribution in [-0.2, 0) is 7.05 Å². The Labute approximate surface area is 209 Å². The molecular weight excluding hydrogens is 459 g/mol. The van der Waals surface area contributed by atoms with Crippen molar-refractivity contribution in [2.45, 2.75) is 51.0 Å². The largest absolute Gasteiger partial charge is 0.364 e. The Morgan fingerprint density at radius 2 is 2.03 bits per heavy atom. The number of nitrogens with one attached hydrogen (secondary N) is 1. The highest BCUT2D eigenvalue weighted by Crippen LogP contribution is 2.40. The average molecular weight is 491 g/mol. The second kappa shape index (κ2) is 9.72. The Hall–Kier alpha value is -3.75. The summed E-state index contributed by atoms with van der Waals surface area (Å²) < 4.78 is 16.6. The number of aryl methyl sites for hydroxylation is 1. The molecule has 2 fully saturated rings. The van der Waals surface area contributed by atoms with Crippen LogP contribution in [0.5, 0.6) is 0 Å². The van der Waals surface area contributed by atoms with Gasteiger partial charge in [-0.05, 0) is 68.2 Å². The molecule has 188 valence electrons. The van der Waals surface area contributed by atoms with Gasteiger partial charge in [-0.15, -0.1) is 0 Å². The van der Waals surface area contributed by atoms with E-state index >= 15 is 0 Å². The molecular formula is C27H31FN6O2. The number of carbonyl (C=O) groups is 2. The Morgan fingerprint density at radius 3 is 2.69 bits per heavy atom. The molecule has 1 saturated heterocycles. The van der Waals surface area contributed by atoms with E-state index in [0.29, 0.717) is 11.7 Å². The molecule has 1 aromatic carbocycles. The minimum Gasteiger partial charge on any atom is -0.364 e. The number of primary amides is 1. The molecule has 0 spiro atoms. The van der Waals surface area contributed by atoms with Crippen LogP contribution in [0.3, 0.4) is 0 Å². The summed E-state index contributed by atoms with van der Waals surface area (Å²) in [5.41, 5.74) is 7.51. The van der Waals surface area contributed by atoms with Gasteiger partial charge in [-0.2, -0.15) is 0 Å². The summed E-state index contributed by atoms with van der Waals surface area (Å²) in [5.74, 6) is 0.107. The normalized spacial score (nSPS) is 19.8. The Kier molecular flexibility index (Phi) is 6.47. The number of hydrogen-bond acceptors (Lipinski definition) is 6. The second-order valence-corrected chi connectivity index (χ2v) is 9.96. The number of amides is 1. The van der Waals surface area contributed by atoms with Crippen LogP contribution in [0.4, 0.5) is 21.7 Å². The van der Waals surface area contributed by atoms with Gasteiger partial charge in [0.05, 0.1) is 17.4 Å². The number of anilines is 3. The highest BCUT2D eigenvalue weighted by molar-refractivity contribution is 5.97. The molecule has 2 aromatic heterocycles. The van der Waals surface area contributed by atoms with Crippen molar-refractivity contribution in [1.29, 1.82) is 0 Å². The number of piperidine rings is 1. The van der Waals surface area contributed by atoms with Crippen molar-refractivity contribution in [2.24, 2.45) is 18.7 Å². The predicted octanol–water partition coefficient (Wildman–Crippen LogP) is 4.55. The van der Waals surface area contributed by atoms with Crippen LogP contribution in [0.2, 0.25) is 0 Å². The SMILES string of the molecule is C[C@@H]1[C@H](CC(=O)c2ccc(C3CC3)cc2F)CCCN1c1cnc(C(N)=O)c(Nc2ccn(C)c2)n1. The molecule has 36 heavy (non-hydrogen) atoms. The maximum Gasteiger partial charge on any atom is 0.271 e. The first-order chi connectivity index (χ1) is 17.3. The number of nitrogens with zero attached hydrogens (tertiary/aromatic N) is 4. The van der Waals surface area contributed by atoms with E-state index in [1.165, 1.54) is 6.07 Å². The van der Waals surface area contributed by atoms with Crippen molar-refractivity contribution in [3.8, 4) is 0 Å². The molecule has 0 bridgehead atoms. The van der Waals surface area contributed by atoms with Gasteiger partial charge in [0.15, 0.2) is 17.3 Å². The molecule has 0 radical (unpaired) electrons. The van der Waals surface area contributed by atoms with Gasteiger partial charge in [-0.1, -0.05) is 6.07 Å². The number of benzene rings is 1. The van der Waals surface area contributed by atoms with Crippen molar-refractivity contribution in [1.82, 2.24) is 14.5 Å². The van der Waals surface area contributed by atoms with Crippen molar-refractivity contribution < 1.29 is 14.0 Å². The average Bonchev–Trinajstić information content (AvgIpc) is 3.62. The van der Waals surface area contributed by atoms with Crippen LogP contribution in [0.1, 0.15) is 71.4 Å². The third-order valence-electron chi connectivity index (χ3n) is 7.32. The van der Waals surface area contributed by atoms with Crippen LogP contribution in [-0.4, -0.2) is 38.8 Å². The first-order valence-corrected chi connectivity index (χ1v) is 12.4. The fourth-order valence-corrected chi connectivity index (χ4v) is 5.09. The van der Waals surface area contributed by atoms with Crippen LogP contribution in [0, 0.1) is 11.7 Å². The minimum absolute atomic E-state index is 0.0187. The van der Waals surface area contributed by atoms with Crippen molar-refractivity contribution in [2.75, 3.05) is 16.8 Å². The fraction of sp³-hybridized carbons (Fsp3) is 0.407. The maximum atomic E-state index is 14.7. The second-order valence-electron chi connectivity index (χ2n) is 9.96. The first kappa shape index (κ1) is 24.0. The lowest BCUT2D eigenvalue weighted by Crippen LogP contribution is -2.44. The standard InChI is InChI=1S/C27H31FN6O2/c1-16-18(13-23(35)21-8-7-19(12-22(21)28)17-5-6-17)4-3-10-34(16)24-14-30-25(26(29)36)27(32-24)31-20-9-11-33(2)15-20/h7-9,11-12,14-18H,3-6,10,13H2,1-2H3,(H2,29,36)(H,31,32)/t16-,18+/m1/s1. The van der Waals surface area contributed by atoms with Gasteiger partial charge >= 0.3 is 0 Å². The lowest BCUT2D eigenvalue weighted by molar-refractivity contribution is 0.0940. The molecule has 9 heteroatoms. The number of hydrogen-bond donors (Lipinski definition) is 2. The zero-order valence-electron chi connectivity index (χ0n) is 20.6. The van der Waals surface area contributed by atoms with E-state index < -0.39 is 11.7 Å². The van der Waals surface area contributed by atoms with Crippen molar-refractivity contribution in [3.63, 3.8) is 0 Å². The Balaban J connectivity index is 1.34. The van der Waals surface area contributed by atoms with Crippen LogP contribution < -0.4 is 16.0 Å². The number of rotatable bonds is 8. The number of Topliss-reactive ketones (excluding diaryl/α,β-unsaturated/α-hetero) is 1. The molecule has 5 rings (SSSR count). The van der Waals surface area contributed by atoms with E-state index in [9.17, 15) is 14.0 Å². The van der Waals surface area contributed by atoms with Crippen LogP contribution >= 0.6 is 0 Å². The van der Waals surface area contributed by atoms with Crippen LogP contribution in [0.15, 0.2) is 42.9 Å². The number of nitrogens with two attached hydrogens (primary N) is 1. The summed E-state index contributed by atoms with van der Waals surface area (Å²) in [5, 5.41) is 3.14. The predicted molar refractivity (Wildman–Crippen MR) is 136 cm³/mol. The number of halogens is 1. The highest BCUT2D eigenvalue weighted by Gasteiger charge is 2.32. The van der Waals surface area contributed by atoms with Crippen LogP contribution in [0.25, 0.3) is 0 Å². The number of carbonyl (C=O) groups excluding carboxylic acids is 2. The van der Waals surface area contributed by atoms with Gasteiger partial charge in [0.25, 0.3) is 5.91 Å². The molecule has 1 aliphatic heterocycles. The van der Waals surface area contributed by atoms with Gasteiger partial charge < -0.3 is 20.5 Å². The molecule has 3 N–H and O–H groups in total. The smallest absolute Gasteiger partial charge is 0.271 e. The monoisotopic (exact) mass is 490 g/mol. The zero-order chi connectivity index (χ0) is 25.4. The van der Waals surface area contributed by atoms with Gasteiger partial charge in [-0.25, -0.2) is 14.4 Å². The van der Waals surface area contributed by atoms with E-state index in [2.05, 4.69) is 27.1 Å². The summed E-state index contributed by atoms with van der Waals surface area (Å²) in [6.45, 7) is 2.79. The lowest BCUT2D eigenvalue weighted by Gasteiger charge is -2.40. The molecule has 1 aliphatic carbocycles. The molecule has 1 saturated carbocycles. The molecule has 3 aromatic rings. The van der Waals surface area contributed by atoms with E-state index in [1.807, 2.05) is 36.1 Å². The number of ketones is 1. The molecule has 2 atom stereocenters. The topological polar surface area (TPSA) is 106 Å². The number of aromatic nitrogens is 3. The van der Waals surface area contributed by atoms with Gasteiger partial charge in [0.1, 0.15) is 11.6 Å². The summed E-state index contributed by atoms with van der Waals surface area (Å²) in [4.78, 5) is 36.1. The fourth-order valence-electron chi connectivity index (χ4n) is 5.09. The summed E-state index contributed by atoms with van der Waals surface area (Å²) >= 11 is 0. The summed E-state index contributed by atoms with van der Waals surface area (Å²) in [6.07, 6.45) is 9.47. The van der Waals surface area contributed by atoms with E-state index in [4.69, 9.17) is 5.73 Å². The minimum atomic E-state index is -0.669. The molecule has 3 heterocycles. The summed E-state index contributed by atoms with van der Waals surface area (Å²) in [7, 11) is 1.90. The van der Waals surface area contributed by atoms with E-state index in [0.717, 1.165) is 43.5 Å². The van der Waals surface area contributed by atoms with Gasteiger partial charge in [0.2, 0.25) is 0 Å². The molecule has 2 aliphatic rings. The molecule has 8 nitrogen and oxygen atoms in total. The van der Waals surface area contributed by atoms with Crippen molar-refractivity contribution in [3.05, 3.63) is 65.5 Å². The van der Waals surface area contributed by atoms with Gasteiger partial charge in [0, 0.05) is 38.4 Å². The molecule has 1 amide bonds. The molecule has 0 unspecified atom stereocenters. The van der Waals surface area contributed by atoms with Crippen molar-refractivity contribution >= 4 is 29.0 Å². The highest BCUT2D eigenvalue weighted by atomic mass is 19.1.